The monoisotopic (exact) mass is 341 g/mol. The second-order valence-corrected chi connectivity index (χ2v) is 8.37. The van der Waals surface area contributed by atoms with Crippen molar-refractivity contribution >= 4 is 15.7 Å². The van der Waals surface area contributed by atoms with E-state index in [2.05, 4.69) is 5.32 Å². The summed E-state index contributed by atoms with van der Waals surface area (Å²) in [5.74, 6) is 1.26. The Labute approximate surface area is 139 Å². The summed E-state index contributed by atoms with van der Waals surface area (Å²) in [6, 6.07) is 7.46. The number of hydrogen-bond donors (Lipinski definition) is 1. The Morgan fingerprint density at radius 2 is 2.00 bits per heavy atom. The van der Waals surface area contributed by atoms with Gasteiger partial charge >= 0.3 is 0 Å². The molecule has 0 unspecified atom stereocenters. The highest BCUT2D eigenvalue weighted by molar-refractivity contribution is 7.91. The fraction of sp³-hybridized carbons (Fsp3) is 0.588. The van der Waals surface area contributed by atoms with Crippen LogP contribution in [0.25, 0.3) is 0 Å². The summed E-state index contributed by atoms with van der Waals surface area (Å²) in [6.45, 7) is 4.42. The van der Waals surface area contributed by atoms with Crippen molar-refractivity contribution in [3.05, 3.63) is 29.8 Å². The maximum Gasteiger partial charge on any atom is 0.220 e. The predicted molar refractivity (Wildman–Crippen MR) is 92.2 cm³/mol. The molecule has 0 radical (unpaired) electrons. The first-order valence-electron chi connectivity index (χ1n) is 7.92. The molecule has 1 amide bonds. The lowest BCUT2D eigenvalue weighted by atomic mass is 10.2. The first-order valence-corrected chi connectivity index (χ1v) is 9.74. The molecule has 130 valence electrons. The van der Waals surface area contributed by atoms with Crippen molar-refractivity contribution in [2.24, 2.45) is 5.92 Å². The molecule has 1 aromatic rings. The average Bonchev–Trinajstić information content (AvgIpc) is 2.51. The molecule has 0 aromatic heterocycles. The quantitative estimate of drug-likeness (QED) is 0.710. The summed E-state index contributed by atoms with van der Waals surface area (Å²) < 4.78 is 28.8. The van der Waals surface area contributed by atoms with Crippen LogP contribution in [0.1, 0.15) is 38.7 Å². The first kappa shape index (κ1) is 19.5. The predicted octanol–water partition coefficient (Wildman–Crippen LogP) is 2.55. The molecule has 1 rings (SSSR count). The van der Waals surface area contributed by atoms with E-state index < -0.39 is 9.84 Å². The molecule has 0 bridgehead atoms. The van der Waals surface area contributed by atoms with Crippen LogP contribution in [0.3, 0.4) is 0 Å². The molecule has 23 heavy (non-hydrogen) atoms. The third kappa shape index (κ3) is 8.59. The van der Waals surface area contributed by atoms with Crippen LogP contribution in [0.5, 0.6) is 5.75 Å². The van der Waals surface area contributed by atoms with E-state index in [0.717, 1.165) is 11.3 Å². The standard InChI is InChI=1S/C17H27NO4S/c1-14(2)9-11-23(20,21)10-5-8-17(19)18-13-15-6-4-7-16(12-15)22-3/h4,6-7,12,14H,5,8-11,13H2,1-3H3,(H,18,19). The number of carbonyl (C=O) groups excluding carboxylic acids is 1. The number of rotatable bonds is 10. The van der Waals surface area contributed by atoms with Gasteiger partial charge in [-0.25, -0.2) is 8.42 Å². The Bertz CT molecular complexity index is 596. The van der Waals surface area contributed by atoms with Gasteiger partial charge in [-0.1, -0.05) is 26.0 Å². The van der Waals surface area contributed by atoms with Gasteiger partial charge in [0.15, 0.2) is 0 Å². The highest BCUT2D eigenvalue weighted by Crippen LogP contribution is 2.12. The molecule has 1 N–H and O–H groups in total. The van der Waals surface area contributed by atoms with E-state index in [9.17, 15) is 13.2 Å². The first-order chi connectivity index (χ1) is 10.8. The molecule has 0 atom stereocenters. The fourth-order valence-corrected chi connectivity index (χ4v) is 3.66. The average molecular weight is 341 g/mol. The number of methoxy groups -OCH3 is 1. The maximum atomic E-state index is 11.8. The van der Waals surface area contributed by atoms with Crippen molar-refractivity contribution in [1.82, 2.24) is 5.32 Å². The lowest BCUT2D eigenvalue weighted by Crippen LogP contribution is -2.23. The minimum atomic E-state index is -3.04. The zero-order chi connectivity index (χ0) is 17.3. The number of amides is 1. The number of hydrogen-bond acceptors (Lipinski definition) is 4. The van der Waals surface area contributed by atoms with Gasteiger partial charge in [0.2, 0.25) is 5.91 Å². The van der Waals surface area contributed by atoms with Crippen LogP contribution in [-0.4, -0.2) is 32.9 Å². The van der Waals surface area contributed by atoms with Crippen molar-refractivity contribution in [3.8, 4) is 5.75 Å². The summed E-state index contributed by atoms with van der Waals surface area (Å²) in [6.07, 6.45) is 1.26. The lowest BCUT2D eigenvalue weighted by molar-refractivity contribution is -0.121. The Morgan fingerprint density at radius 3 is 2.65 bits per heavy atom. The zero-order valence-electron chi connectivity index (χ0n) is 14.2. The van der Waals surface area contributed by atoms with Crippen molar-refractivity contribution in [3.63, 3.8) is 0 Å². The molecule has 5 nitrogen and oxygen atoms in total. The summed E-state index contributed by atoms with van der Waals surface area (Å²) in [5, 5.41) is 2.80. The largest absolute Gasteiger partial charge is 0.497 e. The van der Waals surface area contributed by atoms with Crippen LogP contribution in [0.2, 0.25) is 0 Å². The summed E-state index contributed by atoms with van der Waals surface area (Å²) in [5.41, 5.74) is 0.947. The van der Waals surface area contributed by atoms with E-state index in [1.54, 1.807) is 7.11 Å². The third-order valence-electron chi connectivity index (χ3n) is 3.49. The number of benzene rings is 1. The fourth-order valence-electron chi connectivity index (χ4n) is 2.04. The molecule has 0 aliphatic rings. The van der Waals surface area contributed by atoms with E-state index in [4.69, 9.17) is 4.74 Å². The number of sulfone groups is 1. The number of ether oxygens (including phenoxy) is 1. The van der Waals surface area contributed by atoms with Gasteiger partial charge < -0.3 is 10.1 Å². The second kappa shape index (κ2) is 9.55. The minimum Gasteiger partial charge on any atom is -0.497 e. The topological polar surface area (TPSA) is 72.5 Å². The normalized spacial score (nSPS) is 11.5. The molecular formula is C17H27NO4S. The highest BCUT2D eigenvalue weighted by Gasteiger charge is 2.12. The van der Waals surface area contributed by atoms with Gasteiger partial charge in [0.05, 0.1) is 18.6 Å². The van der Waals surface area contributed by atoms with Gasteiger partial charge in [0.1, 0.15) is 15.6 Å². The van der Waals surface area contributed by atoms with Crippen LogP contribution in [0.4, 0.5) is 0 Å². The number of carbonyl (C=O) groups is 1. The Kier molecular flexibility index (Phi) is 8.09. The van der Waals surface area contributed by atoms with Crippen LogP contribution >= 0.6 is 0 Å². The smallest absolute Gasteiger partial charge is 0.220 e. The van der Waals surface area contributed by atoms with E-state index in [0.29, 0.717) is 25.3 Å². The Balaban J connectivity index is 2.29. The van der Waals surface area contributed by atoms with Gasteiger partial charge in [-0.3, -0.25) is 4.79 Å². The molecule has 1 aromatic carbocycles. The Hall–Kier alpha value is -1.56. The van der Waals surface area contributed by atoms with Gasteiger partial charge in [-0.15, -0.1) is 0 Å². The van der Waals surface area contributed by atoms with Gasteiger partial charge in [-0.05, 0) is 36.5 Å². The van der Waals surface area contributed by atoms with Crippen LogP contribution < -0.4 is 10.1 Å². The second-order valence-electron chi connectivity index (χ2n) is 6.07. The van der Waals surface area contributed by atoms with Gasteiger partial charge in [0.25, 0.3) is 0 Å². The Morgan fingerprint density at radius 1 is 1.26 bits per heavy atom. The van der Waals surface area contributed by atoms with E-state index in [-0.39, 0.29) is 23.8 Å². The molecule has 0 aliphatic carbocycles. The van der Waals surface area contributed by atoms with E-state index in [1.807, 2.05) is 38.1 Å². The van der Waals surface area contributed by atoms with E-state index >= 15 is 0 Å². The molecule has 0 fully saturated rings. The van der Waals surface area contributed by atoms with Crippen LogP contribution in [0.15, 0.2) is 24.3 Å². The molecule has 6 heteroatoms. The van der Waals surface area contributed by atoms with Crippen LogP contribution in [-0.2, 0) is 21.2 Å². The summed E-state index contributed by atoms with van der Waals surface area (Å²) in [7, 11) is -1.45. The van der Waals surface area contributed by atoms with Crippen molar-refractivity contribution < 1.29 is 17.9 Å². The van der Waals surface area contributed by atoms with Crippen molar-refractivity contribution in [2.45, 2.75) is 39.7 Å². The zero-order valence-corrected chi connectivity index (χ0v) is 15.0. The van der Waals surface area contributed by atoms with Crippen LogP contribution in [0, 0.1) is 5.92 Å². The summed E-state index contributed by atoms with van der Waals surface area (Å²) >= 11 is 0. The highest BCUT2D eigenvalue weighted by atomic mass is 32.2. The lowest BCUT2D eigenvalue weighted by Gasteiger charge is -2.08. The molecule has 0 saturated carbocycles. The third-order valence-corrected chi connectivity index (χ3v) is 5.26. The van der Waals surface area contributed by atoms with Gasteiger partial charge in [-0.2, -0.15) is 0 Å². The summed E-state index contributed by atoms with van der Waals surface area (Å²) in [4.78, 5) is 11.8. The molecule has 0 spiro atoms. The molecule has 0 saturated heterocycles. The minimum absolute atomic E-state index is 0.0757. The molecular weight excluding hydrogens is 314 g/mol. The maximum absolute atomic E-state index is 11.8. The van der Waals surface area contributed by atoms with Crippen molar-refractivity contribution in [2.75, 3.05) is 18.6 Å². The number of nitrogens with one attached hydrogen (secondary N) is 1. The van der Waals surface area contributed by atoms with Gasteiger partial charge in [0, 0.05) is 13.0 Å². The molecule has 0 aliphatic heterocycles. The molecule has 0 heterocycles. The van der Waals surface area contributed by atoms with Crippen molar-refractivity contribution in [1.29, 1.82) is 0 Å². The SMILES string of the molecule is COc1cccc(CNC(=O)CCCS(=O)(=O)CCC(C)C)c1. The van der Waals surface area contributed by atoms with E-state index in [1.165, 1.54) is 0 Å².